The van der Waals surface area contributed by atoms with Crippen molar-refractivity contribution in [1.82, 2.24) is 5.32 Å². The highest BCUT2D eigenvalue weighted by molar-refractivity contribution is 7.99. The quantitative estimate of drug-likeness (QED) is 0.830. The molecule has 0 amide bonds. The maximum absolute atomic E-state index is 11.6. The van der Waals surface area contributed by atoms with Crippen LogP contribution in [0.1, 0.15) is 23.2 Å². The van der Waals surface area contributed by atoms with E-state index in [-0.39, 0.29) is 5.78 Å². The van der Waals surface area contributed by atoms with Gasteiger partial charge in [-0.25, -0.2) is 0 Å². The number of likely N-dealkylation sites (N-methyl/N-ethyl adjacent to an activating group) is 1. The van der Waals surface area contributed by atoms with Gasteiger partial charge in [0.1, 0.15) is 11.9 Å². The Morgan fingerprint density at radius 1 is 1.33 bits per heavy atom. The summed E-state index contributed by atoms with van der Waals surface area (Å²) in [6, 6.07) is 7.47. The summed E-state index contributed by atoms with van der Waals surface area (Å²) in [5.41, 5.74) is 0.732. The summed E-state index contributed by atoms with van der Waals surface area (Å²) in [4.78, 5) is 11.6. The molecule has 18 heavy (non-hydrogen) atoms. The van der Waals surface area contributed by atoms with E-state index < -0.39 is 0 Å². The maximum atomic E-state index is 11.6. The first-order chi connectivity index (χ1) is 8.79. The van der Waals surface area contributed by atoms with Gasteiger partial charge in [-0.2, -0.15) is 11.8 Å². The Hall–Kier alpha value is -1.00. The van der Waals surface area contributed by atoms with Crippen LogP contribution in [0.2, 0.25) is 0 Å². The van der Waals surface area contributed by atoms with Gasteiger partial charge in [0.05, 0.1) is 6.54 Å². The molecule has 1 fully saturated rings. The number of carbonyl (C=O) groups is 1. The molecular formula is C14H19NO2S. The van der Waals surface area contributed by atoms with Gasteiger partial charge in [-0.15, -0.1) is 0 Å². The van der Waals surface area contributed by atoms with Gasteiger partial charge >= 0.3 is 0 Å². The number of benzene rings is 1. The van der Waals surface area contributed by atoms with Crippen LogP contribution in [-0.4, -0.2) is 37.0 Å². The van der Waals surface area contributed by atoms with Gasteiger partial charge in [0.25, 0.3) is 0 Å². The zero-order valence-electron chi connectivity index (χ0n) is 10.6. The monoisotopic (exact) mass is 265 g/mol. The van der Waals surface area contributed by atoms with Crippen molar-refractivity contribution >= 4 is 17.5 Å². The van der Waals surface area contributed by atoms with E-state index in [9.17, 15) is 4.79 Å². The fraction of sp³-hybridized carbons (Fsp3) is 0.500. The van der Waals surface area contributed by atoms with E-state index in [2.05, 4.69) is 5.32 Å². The molecule has 0 saturated carbocycles. The lowest BCUT2D eigenvalue weighted by Crippen LogP contribution is -2.22. The average molecular weight is 265 g/mol. The molecule has 0 atom stereocenters. The highest BCUT2D eigenvalue weighted by Crippen LogP contribution is 2.22. The van der Waals surface area contributed by atoms with Gasteiger partial charge in [0, 0.05) is 5.56 Å². The highest BCUT2D eigenvalue weighted by Gasteiger charge is 2.15. The molecule has 0 unspecified atom stereocenters. The van der Waals surface area contributed by atoms with E-state index in [1.165, 1.54) is 11.5 Å². The Morgan fingerprint density at radius 2 is 2.00 bits per heavy atom. The molecule has 1 saturated heterocycles. The summed E-state index contributed by atoms with van der Waals surface area (Å²) in [7, 11) is 1.77. The first kappa shape index (κ1) is 13.4. The number of hydrogen-bond donors (Lipinski definition) is 1. The Balaban J connectivity index is 1.92. The van der Waals surface area contributed by atoms with E-state index in [1.54, 1.807) is 7.05 Å². The molecular weight excluding hydrogens is 246 g/mol. The molecule has 0 aromatic heterocycles. The van der Waals surface area contributed by atoms with Crippen molar-refractivity contribution in [3.8, 4) is 5.75 Å². The first-order valence-electron chi connectivity index (χ1n) is 6.32. The lowest BCUT2D eigenvalue weighted by atomic mass is 10.1. The Kier molecular flexibility index (Phi) is 5.08. The molecule has 0 bridgehead atoms. The zero-order valence-corrected chi connectivity index (χ0v) is 11.5. The van der Waals surface area contributed by atoms with Crippen molar-refractivity contribution in [2.24, 2.45) is 0 Å². The molecule has 1 heterocycles. The standard InChI is InChI=1S/C14H19NO2S/c1-15-10-14(16)11-2-4-12(5-3-11)17-13-6-8-18-9-7-13/h2-5,13,15H,6-10H2,1H3. The van der Waals surface area contributed by atoms with Gasteiger partial charge in [-0.05, 0) is 55.7 Å². The summed E-state index contributed by atoms with van der Waals surface area (Å²) in [5, 5.41) is 2.86. The number of hydrogen-bond acceptors (Lipinski definition) is 4. The molecule has 1 aliphatic rings. The second-order valence-corrected chi connectivity index (χ2v) is 5.63. The maximum Gasteiger partial charge on any atom is 0.176 e. The minimum Gasteiger partial charge on any atom is -0.490 e. The summed E-state index contributed by atoms with van der Waals surface area (Å²) in [5.74, 6) is 3.35. The molecule has 0 radical (unpaired) electrons. The average Bonchev–Trinajstić information content (AvgIpc) is 2.41. The number of nitrogens with one attached hydrogen (secondary N) is 1. The Bertz CT molecular complexity index is 385. The van der Waals surface area contributed by atoms with E-state index in [0.717, 1.165) is 24.2 Å². The van der Waals surface area contributed by atoms with Crippen LogP contribution < -0.4 is 10.1 Å². The van der Waals surface area contributed by atoms with E-state index in [0.29, 0.717) is 12.6 Å². The third kappa shape index (κ3) is 3.75. The molecule has 3 nitrogen and oxygen atoms in total. The first-order valence-corrected chi connectivity index (χ1v) is 7.47. The summed E-state index contributed by atoms with van der Waals surface area (Å²) in [6.45, 7) is 0.375. The van der Waals surface area contributed by atoms with E-state index in [4.69, 9.17) is 4.74 Å². The van der Waals surface area contributed by atoms with Gasteiger partial charge in [0.2, 0.25) is 0 Å². The van der Waals surface area contributed by atoms with Crippen LogP contribution in [-0.2, 0) is 0 Å². The number of rotatable bonds is 5. The predicted octanol–water partition coefficient (Wildman–Crippen LogP) is 2.36. The fourth-order valence-electron chi connectivity index (χ4n) is 1.97. The normalized spacial score (nSPS) is 16.5. The molecule has 2 rings (SSSR count). The van der Waals surface area contributed by atoms with Gasteiger partial charge in [-0.3, -0.25) is 4.79 Å². The molecule has 98 valence electrons. The summed E-state index contributed by atoms with van der Waals surface area (Å²) >= 11 is 1.99. The van der Waals surface area contributed by atoms with Crippen molar-refractivity contribution < 1.29 is 9.53 Å². The van der Waals surface area contributed by atoms with E-state index >= 15 is 0 Å². The van der Waals surface area contributed by atoms with Gasteiger partial charge in [-0.1, -0.05) is 0 Å². The van der Waals surface area contributed by atoms with Gasteiger partial charge in [0.15, 0.2) is 5.78 Å². The molecule has 1 aromatic carbocycles. The lowest BCUT2D eigenvalue weighted by Gasteiger charge is -2.22. The predicted molar refractivity (Wildman–Crippen MR) is 75.7 cm³/mol. The number of ketones is 1. The Labute approximate surface area is 112 Å². The molecule has 0 aliphatic carbocycles. The van der Waals surface area contributed by atoms with Crippen molar-refractivity contribution in [3.63, 3.8) is 0 Å². The van der Waals surface area contributed by atoms with Crippen LogP contribution in [0.25, 0.3) is 0 Å². The van der Waals surface area contributed by atoms with Crippen LogP contribution in [0.3, 0.4) is 0 Å². The highest BCUT2D eigenvalue weighted by atomic mass is 32.2. The van der Waals surface area contributed by atoms with Crippen molar-refractivity contribution in [3.05, 3.63) is 29.8 Å². The summed E-state index contributed by atoms with van der Waals surface area (Å²) in [6.07, 6.45) is 2.57. The number of Topliss-reactive ketones (excluding diaryl/α,β-unsaturated/α-hetero) is 1. The number of thioether (sulfide) groups is 1. The molecule has 1 N–H and O–H groups in total. The van der Waals surface area contributed by atoms with Crippen molar-refractivity contribution in [2.75, 3.05) is 25.1 Å². The minimum absolute atomic E-state index is 0.109. The molecule has 1 aliphatic heterocycles. The molecule has 4 heteroatoms. The van der Waals surface area contributed by atoms with Crippen LogP contribution in [0.5, 0.6) is 5.75 Å². The SMILES string of the molecule is CNCC(=O)c1ccc(OC2CCSCC2)cc1. The van der Waals surface area contributed by atoms with Crippen LogP contribution in [0.4, 0.5) is 0 Å². The lowest BCUT2D eigenvalue weighted by molar-refractivity contribution is 0.0993. The molecule has 0 spiro atoms. The summed E-state index contributed by atoms with van der Waals surface area (Å²) < 4.78 is 5.91. The third-order valence-electron chi connectivity index (χ3n) is 2.98. The zero-order chi connectivity index (χ0) is 12.8. The largest absolute Gasteiger partial charge is 0.490 e. The number of carbonyl (C=O) groups excluding carboxylic acids is 1. The smallest absolute Gasteiger partial charge is 0.176 e. The van der Waals surface area contributed by atoms with Crippen LogP contribution in [0, 0.1) is 0 Å². The van der Waals surface area contributed by atoms with Crippen LogP contribution in [0.15, 0.2) is 24.3 Å². The second-order valence-electron chi connectivity index (χ2n) is 4.41. The van der Waals surface area contributed by atoms with E-state index in [1.807, 2.05) is 36.0 Å². The van der Waals surface area contributed by atoms with Crippen LogP contribution >= 0.6 is 11.8 Å². The minimum atomic E-state index is 0.109. The van der Waals surface area contributed by atoms with Gasteiger partial charge < -0.3 is 10.1 Å². The Morgan fingerprint density at radius 3 is 2.61 bits per heavy atom. The fourth-order valence-corrected chi connectivity index (χ4v) is 3.03. The third-order valence-corrected chi connectivity index (χ3v) is 4.03. The second kappa shape index (κ2) is 6.81. The van der Waals surface area contributed by atoms with Crippen molar-refractivity contribution in [2.45, 2.75) is 18.9 Å². The van der Waals surface area contributed by atoms with Crippen molar-refractivity contribution in [1.29, 1.82) is 0 Å². The molecule has 1 aromatic rings. The number of ether oxygens (including phenoxy) is 1. The topological polar surface area (TPSA) is 38.3 Å².